The van der Waals surface area contributed by atoms with Crippen LogP contribution in [0, 0.1) is 5.92 Å². The summed E-state index contributed by atoms with van der Waals surface area (Å²) in [6.45, 7) is 2.41. The lowest BCUT2D eigenvalue weighted by molar-refractivity contribution is -0.151. The smallest absolute Gasteiger partial charge is 0.410 e. The molecule has 1 amide bonds. The quantitative estimate of drug-likeness (QED) is 0.728. The topological polar surface area (TPSA) is 76.1 Å². The molecule has 2 atom stereocenters. The van der Waals surface area contributed by atoms with Gasteiger partial charge in [-0.2, -0.15) is 0 Å². The molecule has 17 heavy (non-hydrogen) atoms. The number of nitrogens with zero attached hydrogens (tertiary/aromatic N) is 1. The van der Waals surface area contributed by atoms with Gasteiger partial charge in [-0.3, -0.25) is 4.90 Å². The van der Waals surface area contributed by atoms with Gasteiger partial charge in [0.25, 0.3) is 0 Å². The minimum absolute atomic E-state index is 0.0188. The number of piperidine rings is 1. The molecule has 1 heterocycles. The molecule has 1 aliphatic heterocycles. The molecule has 1 N–H and O–H groups in total. The number of carbonyl (C=O) groups excluding carboxylic acids is 2. The first-order valence-electron chi connectivity index (χ1n) is 5.76. The molecule has 6 heteroatoms. The summed E-state index contributed by atoms with van der Waals surface area (Å²) in [6, 6.07) is -0.645. The molecule has 1 aliphatic rings. The summed E-state index contributed by atoms with van der Waals surface area (Å²) in [4.78, 5) is 24.6. The Kier molecular flexibility index (Phi) is 5.21. The molecule has 1 fully saturated rings. The van der Waals surface area contributed by atoms with Gasteiger partial charge in [-0.05, 0) is 25.7 Å². The van der Waals surface area contributed by atoms with Gasteiger partial charge >= 0.3 is 12.1 Å². The third-order valence-corrected chi connectivity index (χ3v) is 2.94. The normalized spacial score (nSPS) is 24.3. The fourth-order valence-electron chi connectivity index (χ4n) is 2.00. The van der Waals surface area contributed by atoms with Crippen molar-refractivity contribution in [1.82, 2.24) is 4.90 Å². The molecule has 0 aliphatic carbocycles. The van der Waals surface area contributed by atoms with Gasteiger partial charge in [0.1, 0.15) is 6.04 Å². The summed E-state index contributed by atoms with van der Waals surface area (Å²) < 4.78 is 9.56. The molecule has 6 nitrogen and oxygen atoms in total. The minimum Gasteiger partial charge on any atom is -0.464 e. The van der Waals surface area contributed by atoms with Crippen LogP contribution in [0.15, 0.2) is 0 Å². The number of amides is 1. The zero-order chi connectivity index (χ0) is 12.8. The lowest BCUT2D eigenvalue weighted by Crippen LogP contribution is -2.51. The first-order valence-corrected chi connectivity index (χ1v) is 5.76. The van der Waals surface area contributed by atoms with Crippen molar-refractivity contribution in [3.8, 4) is 0 Å². The van der Waals surface area contributed by atoms with E-state index in [-0.39, 0.29) is 19.1 Å². The molecule has 1 saturated heterocycles. The molecule has 0 aromatic heterocycles. The van der Waals surface area contributed by atoms with Gasteiger partial charge in [-0.15, -0.1) is 0 Å². The highest BCUT2D eigenvalue weighted by molar-refractivity contribution is 5.81. The van der Waals surface area contributed by atoms with Crippen molar-refractivity contribution in [1.29, 1.82) is 0 Å². The van der Waals surface area contributed by atoms with E-state index in [4.69, 9.17) is 9.84 Å². The van der Waals surface area contributed by atoms with Crippen molar-refractivity contribution < 1.29 is 24.2 Å². The van der Waals surface area contributed by atoms with E-state index in [2.05, 4.69) is 4.74 Å². The molecular weight excluding hydrogens is 226 g/mol. The summed E-state index contributed by atoms with van der Waals surface area (Å²) in [5, 5.41) is 9.12. The van der Waals surface area contributed by atoms with Crippen molar-refractivity contribution >= 4 is 12.1 Å². The standard InChI is InChI=1S/C11H19NO5/c1-3-17-10(14)9-6-8(7-13)4-5-12(9)11(15)16-2/h8-9,13H,3-7H2,1-2H3. The Morgan fingerprint density at radius 3 is 2.71 bits per heavy atom. The van der Waals surface area contributed by atoms with Crippen LogP contribution in [0.1, 0.15) is 19.8 Å². The Bertz CT molecular complexity index is 281. The highest BCUT2D eigenvalue weighted by Crippen LogP contribution is 2.24. The van der Waals surface area contributed by atoms with Crippen LogP contribution in [0.2, 0.25) is 0 Å². The molecule has 0 aromatic carbocycles. The summed E-state index contributed by atoms with van der Waals surface area (Å²) >= 11 is 0. The molecule has 98 valence electrons. The van der Waals surface area contributed by atoms with Gasteiger partial charge in [0.2, 0.25) is 0 Å². The maximum atomic E-state index is 11.7. The zero-order valence-corrected chi connectivity index (χ0v) is 10.2. The van der Waals surface area contributed by atoms with Crippen LogP contribution in [0.5, 0.6) is 0 Å². The number of ether oxygens (including phenoxy) is 2. The molecule has 1 rings (SSSR count). The monoisotopic (exact) mass is 245 g/mol. The van der Waals surface area contributed by atoms with Crippen LogP contribution in [0.25, 0.3) is 0 Å². The molecule has 0 bridgehead atoms. The predicted molar refractivity (Wildman–Crippen MR) is 59.3 cm³/mol. The van der Waals surface area contributed by atoms with E-state index in [1.165, 1.54) is 12.0 Å². The van der Waals surface area contributed by atoms with Gasteiger partial charge in [0, 0.05) is 13.2 Å². The van der Waals surface area contributed by atoms with E-state index in [1.807, 2.05) is 0 Å². The van der Waals surface area contributed by atoms with E-state index in [0.29, 0.717) is 19.4 Å². The summed E-state index contributed by atoms with van der Waals surface area (Å²) in [5.41, 5.74) is 0. The van der Waals surface area contributed by atoms with Gasteiger partial charge in [0.05, 0.1) is 13.7 Å². The van der Waals surface area contributed by atoms with Gasteiger partial charge in [-0.1, -0.05) is 0 Å². The predicted octanol–water partition coefficient (Wildman–Crippen LogP) is 0.389. The van der Waals surface area contributed by atoms with E-state index in [0.717, 1.165) is 0 Å². The first-order chi connectivity index (χ1) is 8.13. The Morgan fingerprint density at radius 2 is 2.18 bits per heavy atom. The van der Waals surface area contributed by atoms with Crippen molar-refractivity contribution in [3.63, 3.8) is 0 Å². The molecule has 0 radical (unpaired) electrons. The number of aliphatic hydroxyl groups is 1. The fraction of sp³-hybridized carbons (Fsp3) is 0.818. The second-order valence-electron chi connectivity index (χ2n) is 4.00. The van der Waals surface area contributed by atoms with Crippen molar-refractivity contribution in [2.75, 3.05) is 26.9 Å². The number of carbonyl (C=O) groups is 2. The van der Waals surface area contributed by atoms with Crippen molar-refractivity contribution in [2.45, 2.75) is 25.8 Å². The Labute approximate surface area is 100 Å². The third kappa shape index (κ3) is 3.33. The van der Waals surface area contributed by atoms with Crippen LogP contribution in [0.4, 0.5) is 4.79 Å². The third-order valence-electron chi connectivity index (χ3n) is 2.94. The zero-order valence-electron chi connectivity index (χ0n) is 10.2. The van der Waals surface area contributed by atoms with E-state index in [1.54, 1.807) is 6.92 Å². The Hall–Kier alpha value is -1.30. The summed E-state index contributed by atoms with van der Waals surface area (Å²) in [5.74, 6) is -0.402. The second-order valence-corrected chi connectivity index (χ2v) is 4.00. The lowest BCUT2D eigenvalue weighted by atomic mass is 9.92. The van der Waals surface area contributed by atoms with E-state index < -0.39 is 18.1 Å². The van der Waals surface area contributed by atoms with Gasteiger partial charge in [-0.25, -0.2) is 9.59 Å². The Balaban J connectivity index is 2.74. The number of hydrogen-bond donors (Lipinski definition) is 1. The van der Waals surface area contributed by atoms with Crippen LogP contribution >= 0.6 is 0 Å². The molecule has 0 spiro atoms. The highest BCUT2D eigenvalue weighted by atomic mass is 16.6. The number of likely N-dealkylation sites (tertiary alicyclic amines) is 1. The van der Waals surface area contributed by atoms with Crippen molar-refractivity contribution in [2.24, 2.45) is 5.92 Å². The number of hydrogen-bond acceptors (Lipinski definition) is 5. The second kappa shape index (κ2) is 6.44. The van der Waals surface area contributed by atoms with Crippen LogP contribution in [-0.4, -0.2) is 55.0 Å². The van der Waals surface area contributed by atoms with E-state index >= 15 is 0 Å². The number of aliphatic hydroxyl groups excluding tert-OH is 1. The number of rotatable bonds is 3. The molecule has 2 unspecified atom stereocenters. The lowest BCUT2D eigenvalue weighted by Gasteiger charge is -2.36. The maximum Gasteiger partial charge on any atom is 0.410 e. The number of esters is 1. The fourth-order valence-corrected chi connectivity index (χ4v) is 2.00. The Morgan fingerprint density at radius 1 is 1.47 bits per heavy atom. The molecule has 0 saturated carbocycles. The maximum absolute atomic E-state index is 11.7. The largest absolute Gasteiger partial charge is 0.464 e. The first kappa shape index (κ1) is 13.8. The van der Waals surface area contributed by atoms with Crippen LogP contribution in [-0.2, 0) is 14.3 Å². The van der Waals surface area contributed by atoms with Gasteiger partial charge in [0.15, 0.2) is 0 Å². The molecule has 0 aromatic rings. The van der Waals surface area contributed by atoms with Crippen LogP contribution < -0.4 is 0 Å². The highest BCUT2D eigenvalue weighted by Gasteiger charge is 2.37. The summed E-state index contributed by atoms with van der Waals surface area (Å²) in [7, 11) is 1.28. The molecular formula is C11H19NO5. The average molecular weight is 245 g/mol. The SMILES string of the molecule is CCOC(=O)C1CC(CO)CCN1C(=O)OC. The average Bonchev–Trinajstić information content (AvgIpc) is 2.37. The van der Waals surface area contributed by atoms with Crippen molar-refractivity contribution in [3.05, 3.63) is 0 Å². The van der Waals surface area contributed by atoms with E-state index in [9.17, 15) is 9.59 Å². The number of methoxy groups -OCH3 is 1. The van der Waals surface area contributed by atoms with Gasteiger partial charge < -0.3 is 14.6 Å². The summed E-state index contributed by atoms with van der Waals surface area (Å²) in [6.07, 6.45) is 0.561. The minimum atomic E-state index is -0.645. The van der Waals surface area contributed by atoms with Crippen LogP contribution in [0.3, 0.4) is 0 Å².